The number of halogens is 1. The van der Waals surface area contributed by atoms with Crippen molar-refractivity contribution in [2.45, 2.75) is 19.3 Å². The molecule has 0 radical (unpaired) electrons. The molecule has 1 amide bonds. The van der Waals surface area contributed by atoms with Gasteiger partial charge in [0.25, 0.3) is 5.91 Å². The number of piperidine rings is 1. The van der Waals surface area contributed by atoms with Crippen molar-refractivity contribution in [2.75, 3.05) is 56.2 Å². The number of aromatic nitrogens is 1. The summed E-state index contributed by atoms with van der Waals surface area (Å²) >= 11 is 0. The summed E-state index contributed by atoms with van der Waals surface area (Å²) in [5, 5.41) is 0.704. The first kappa shape index (κ1) is 21.5. The normalized spacial score (nSPS) is 16.8. The Morgan fingerprint density at radius 2 is 1.61 bits per heavy atom. The van der Waals surface area contributed by atoms with E-state index in [4.69, 9.17) is 4.74 Å². The Hall–Kier alpha value is -3.35. The Kier molecular flexibility index (Phi) is 6.03. The zero-order valence-corrected chi connectivity index (χ0v) is 19.0. The number of carbonyl (C=O) groups excluding carboxylic acids is 1. The van der Waals surface area contributed by atoms with Gasteiger partial charge in [0.15, 0.2) is 0 Å². The number of carbonyl (C=O) groups is 1. The van der Waals surface area contributed by atoms with Crippen LogP contribution in [-0.4, -0.2) is 62.2 Å². The van der Waals surface area contributed by atoms with Crippen molar-refractivity contribution in [1.29, 1.82) is 0 Å². The van der Waals surface area contributed by atoms with Crippen molar-refractivity contribution in [2.24, 2.45) is 0 Å². The predicted molar refractivity (Wildman–Crippen MR) is 129 cm³/mol. The average Bonchev–Trinajstić information content (AvgIpc) is 2.88. The number of piperazine rings is 1. The number of benzene rings is 2. The second-order valence-corrected chi connectivity index (χ2v) is 8.71. The van der Waals surface area contributed by atoms with E-state index >= 15 is 0 Å². The Labute approximate surface area is 193 Å². The minimum absolute atomic E-state index is 0.000875. The molecule has 3 aromatic rings. The fourth-order valence-electron chi connectivity index (χ4n) is 4.90. The number of hydrogen-bond acceptors (Lipinski definition) is 5. The van der Waals surface area contributed by atoms with Crippen LogP contribution in [0, 0.1) is 5.82 Å². The third kappa shape index (κ3) is 4.32. The smallest absolute Gasteiger partial charge is 0.257 e. The summed E-state index contributed by atoms with van der Waals surface area (Å²) in [5.74, 6) is 0.523. The molecule has 0 saturated carbocycles. The maximum absolute atomic E-state index is 14.3. The molecule has 0 N–H and O–H groups in total. The summed E-state index contributed by atoms with van der Waals surface area (Å²) in [6.07, 6.45) is 4.89. The van der Waals surface area contributed by atoms with Gasteiger partial charge in [-0.1, -0.05) is 0 Å². The number of methoxy groups -OCH3 is 1. The molecule has 5 rings (SSSR count). The number of anilines is 2. The van der Waals surface area contributed by atoms with Crippen LogP contribution in [0.25, 0.3) is 10.9 Å². The van der Waals surface area contributed by atoms with E-state index in [0.717, 1.165) is 75.7 Å². The number of pyridine rings is 1. The van der Waals surface area contributed by atoms with Gasteiger partial charge in [-0.25, -0.2) is 4.39 Å². The van der Waals surface area contributed by atoms with Gasteiger partial charge in [-0.2, -0.15) is 0 Å². The molecule has 2 aromatic carbocycles. The van der Waals surface area contributed by atoms with E-state index in [9.17, 15) is 9.18 Å². The lowest BCUT2D eigenvalue weighted by Crippen LogP contribution is -2.47. The highest BCUT2D eigenvalue weighted by Gasteiger charge is 2.27. The van der Waals surface area contributed by atoms with Crippen molar-refractivity contribution in [1.82, 2.24) is 9.88 Å². The highest BCUT2D eigenvalue weighted by atomic mass is 19.1. The van der Waals surface area contributed by atoms with Gasteiger partial charge in [0, 0.05) is 56.5 Å². The number of ether oxygens (including phenoxy) is 1. The van der Waals surface area contributed by atoms with Crippen LogP contribution >= 0.6 is 0 Å². The van der Waals surface area contributed by atoms with Gasteiger partial charge in [0.1, 0.15) is 11.6 Å². The van der Waals surface area contributed by atoms with Gasteiger partial charge in [-0.05, 0) is 61.7 Å². The van der Waals surface area contributed by atoms with Crippen LogP contribution in [-0.2, 0) is 0 Å². The van der Waals surface area contributed by atoms with Crippen LogP contribution in [0.3, 0.4) is 0 Å². The summed E-state index contributed by atoms with van der Waals surface area (Å²) in [6.45, 7) is 4.63. The highest BCUT2D eigenvalue weighted by molar-refractivity contribution is 6.07. The van der Waals surface area contributed by atoms with Gasteiger partial charge in [0.05, 0.1) is 23.9 Å². The Bertz CT molecular complexity index is 1140. The summed E-state index contributed by atoms with van der Waals surface area (Å²) in [7, 11) is 1.67. The van der Waals surface area contributed by atoms with E-state index < -0.39 is 0 Å². The fraction of sp³-hybridized carbons (Fsp3) is 0.385. The van der Waals surface area contributed by atoms with Crippen LogP contribution in [0.15, 0.2) is 48.7 Å². The summed E-state index contributed by atoms with van der Waals surface area (Å²) < 4.78 is 19.5. The van der Waals surface area contributed by atoms with Gasteiger partial charge in [0.2, 0.25) is 0 Å². The van der Waals surface area contributed by atoms with E-state index in [-0.39, 0.29) is 11.7 Å². The lowest BCUT2D eigenvalue weighted by molar-refractivity contribution is 0.0724. The van der Waals surface area contributed by atoms with E-state index in [2.05, 4.69) is 26.9 Å². The van der Waals surface area contributed by atoms with Gasteiger partial charge >= 0.3 is 0 Å². The molecule has 2 aliphatic rings. The van der Waals surface area contributed by atoms with Crippen molar-refractivity contribution in [3.05, 3.63) is 60.0 Å². The SMILES string of the molecule is COc1ccc(N2CCN(c3c(C(=O)N4CCCCC4)cnc4ccc(F)cc34)CC2)cc1. The van der Waals surface area contributed by atoms with Crippen molar-refractivity contribution in [3.8, 4) is 5.75 Å². The molecule has 1 aromatic heterocycles. The zero-order chi connectivity index (χ0) is 22.8. The van der Waals surface area contributed by atoms with Crippen LogP contribution in [0.4, 0.5) is 15.8 Å². The molecule has 2 saturated heterocycles. The Balaban J connectivity index is 1.45. The number of nitrogens with zero attached hydrogens (tertiary/aromatic N) is 4. The lowest BCUT2D eigenvalue weighted by Gasteiger charge is -2.39. The first-order chi connectivity index (χ1) is 16.1. The molecule has 33 heavy (non-hydrogen) atoms. The van der Waals surface area contributed by atoms with Gasteiger partial charge in [-0.15, -0.1) is 0 Å². The molecule has 7 heteroatoms. The molecule has 0 bridgehead atoms. The molecule has 172 valence electrons. The predicted octanol–water partition coefficient (Wildman–Crippen LogP) is 4.34. The largest absolute Gasteiger partial charge is 0.497 e. The highest BCUT2D eigenvalue weighted by Crippen LogP contribution is 2.33. The molecule has 0 aliphatic carbocycles. The molecule has 0 atom stereocenters. The number of amides is 1. The second kappa shape index (κ2) is 9.25. The minimum Gasteiger partial charge on any atom is -0.497 e. The molecular weight excluding hydrogens is 419 g/mol. The monoisotopic (exact) mass is 448 g/mol. The maximum atomic E-state index is 14.3. The fourth-order valence-corrected chi connectivity index (χ4v) is 4.90. The topological polar surface area (TPSA) is 48.9 Å². The first-order valence-electron chi connectivity index (χ1n) is 11.7. The molecule has 2 aliphatic heterocycles. The molecule has 3 heterocycles. The van der Waals surface area contributed by atoms with Gasteiger partial charge in [-0.3, -0.25) is 9.78 Å². The third-order valence-electron chi connectivity index (χ3n) is 6.71. The van der Waals surface area contributed by atoms with Crippen molar-refractivity contribution >= 4 is 28.2 Å². The summed E-state index contributed by atoms with van der Waals surface area (Å²) in [4.78, 5) is 24.5. The average molecular weight is 449 g/mol. The zero-order valence-electron chi connectivity index (χ0n) is 19.0. The molecular formula is C26H29FN4O2. The Morgan fingerprint density at radius 3 is 2.30 bits per heavy atom. The quantitative estimate of drug-likeness (QED) is 0.595. The van der Waals surface area contributed by atoms with Crippen LogP contribution in [0.1, 0.15) is 29.6 Å². The molecule has 6 nitrogen and oxygen atoms in total. The van der Waals surface area contributed by atoms with Crippen molar-refractivity contribution in [3.63, 3.8) is 0 Å². The standard InChI is InChI=1S/C26H29FN4O2/c1-33-21-8-6-20(7-9-21)29-13-15-30(16-14-29)25-22-17-19(27)5-10-24(22)28-18-23(25)26(32)31-11-3-2-4-12-31/h5-10,17-18H,2-4,11-16H2,1H3. The van der Waals surface area contributed by atoms with Gasteiger partial charge < -0.3 is 19.4 Å². The second-order valence-electron chi connectivity index (χ2n) is 8.71. The molecule has 0 spiro atoms. The maximum Gasteiger partial charge on any atom is 0.257 e. The van der Waals surface area contributed by atoms with Crippen LogP contribution < -0.4 is 14.5 Å². The summed E-state index contributed by atoms with van der Waals surface area (Å²) in [5.41, 5.74) is 3.24. The van der Waals surface area contributed by atoms with E-state index in [1.165, 1.54) is 12.1 Å². The number of hydrogen-bond donors (Lipinski definition) is 0. The Morgan fingerprint density at radius 1 is 0.909 bits per heavy atom. The molecule has 0 unspecified atom stereocenters. The molecule has 2 fully saturated rings. The van der Waals surface area contributed by atoms with E-state index in [1.54, 1.807) is 19.4 Å². The number of rotatable bonds is 4. The number of fused-ring (bicyclic) bond motifs is 1. The lowest BCUT2D eigenvalue weighted by atomic mass is 10.0. The minimum atomic E-state index is -0.315. The van der Waals surface area contributed by atoms with E-state index in [1.807, 2.05) is 17.0 Å². The van der Waals surface area contributed by atoms with Crippen molar-refractivity contribution < 1.29 is 13.9 Å². The third-order valence-corrected chi connectivity index (χ3v) is 6.71. The van der Waals surface area contributed by atoms with Crippen LogP contribution in [0.5, 0.6) is 5.75 Å². The first-order valence-corrected chi connectivity index (χ1v) is 11.7. The number of likely N-dealkylation sites (tertiary alicyclic amines) is 1. The van der Waals surface area contributed by atoms with Crippen LogP contribution in [0.2, 0.25) is 0 Å². The summed E-state index contributed by atoms with van der Waals surface area (Å²) in [6, 6.07) is 12.7. The van der Waals surface area contributed by atoms with E-state index in [0.29, 0.717) is 16.5 Å².